The predicted molar refractivity (Wildman–Crippen MR) is 129 cm³/mol. The van der Waals surface area contributed by atoms with E-state index in [1.54, 1.807) is 0 Å². The fourth-order valence-corrected chi connectivity index (χ4v) is 3.81. The Morgan fingerprint density at radius 1 is 0.733 bits per heavy atom. The molecule has 1 amide bonds. The van der Waals surface area contributed by atoms with Gasteiger partial charge in [0.2, 0.25) is 0 Å². The summed E-state index contributed by atoms with van der Waals surface area (Å²) in [6.45, 7) is 4.42. The van der Waals surface area contributed by atoms with Crippen LogP contribution in [0.3, 0.4) is 0 Å². The Hall–Kier alpha value is -1.51. The van der Waals surface area contributed by atoms with Crippen LogP contribution in [-0.2, 0) is 11.2 Å². The molecule has 0 aromatic heterocycles. The molecule has 0 saturated carbocycles. The van der Waals surface area contributed by atoms with Crippen LogP contribution >= 0.6 is 0 Å². The van der Waals surface area contributed by atoms with Gasteiger partial charge < -0.3 is 4.84 Å². The number of hydroxylamine groups is 1. The van der Waals surface area contributed by atoms with Gasteiger partial charge in [-0.2, -0.15) is 5.48 Å². The third kappa shape index (κ3) is 15.3. The van der Waals surface area contributed by atoms with Crippen LogP contribution in [0.25, 0.3) is 0 Å². The summed E-state index contributed by atoms with van der Waals surface area (Å²) in [5.74, 6) is 0.691. The Kier molecular flexibility index (Phi) is 17.2. The van der Waals surface area contributed by atoms with Crippen LogP contribution < -0.4 is 10.3 Å². The molecule has 30 heavy (non-hydrogen) atoms. The van der Waals surface area contributed by atoms with Crippen molar-refractivity contribution < 1.29 is 9.63 Å². The van der Waals surface area contributed by atoms with E-state index in [-0.39, 0.29) is 5.91 Å². The fourth-order valence-electron chi connectivity index (χ4n) is 3.81. The van der Waals surface area contributed by atoms with Crippen LogP contribution in [0.1, 0.15) is 129 Å². The zero-order chi connectivity index (χ0) is 21.7. The van der Waals surface area contributed by atoms with E-state index in [4.69, 9.17) is 4.84 Å². The van der Waals surface area contributed by atoms with Crippen LogP contribution in [0.2, 0.25) is 0 Å². The maximum Gasteiger partial charge on any atom is 0.252 e. The van der Waals surface area contributed by atoms with E-state index in [9.17, 15) is 4.79 Å². The number of hydrogen-bond acceptors (Lipinski definition) is 2. The highest BCUT2D eigenvalue weighted by atomic mass is 16.7. The maximum absolute atomic E-state index is 11.7. The van der Waals surface area contributed by atoms with Crippen molar-refractivity contribution >= 4 is 5.91 Å². The summed E-state index contributed by atoms with van der Waals surface area (Å²) in [6, 6.07) is 8.11. The molecular formula is C27H47NO2. The molecule has 3 heteroatoms. The average Bonchev–Trinajstić information content (AvgIpc) is 2.76. The molecule has 172 valence electrons. The Labute approximate surface area is 186 Å². The van der Waals surface area contributed by atoms with E-state index in [0.29, 0.717) is 6.42 Å². The van der Waals surface area contributed by atoms with E-state index < -0.39 is 0 Å². The van der Waals surface area contributed by atoms with Crippen LogP contribution in [0, 0.1) is 0 Å². The highest BCUT2D eigenvalue weighted by Crippen LogP contribution is 2.17. The van der Waals surface area contributed by atoms with Crippen molar-refractivity contribution in [3.63, 3.8) is 0 Å². The minimum Gasteiger partial charge on any atom is -0.380 e. The maximum atomic E-state index is 11.7. The molecular weight excluding hydrogens is 370 g/mol. The molecule has 0 heterocycles. The number of rotatable bonds is 20. The number of nitrogens with one attached hydrogen (secondary N) is 1. The molecule has 0 spiro atoms. The van der Waals surface area contributed by atoms with Gasteiger partial charge in [-0.15, -0.1) is 0 Å². The van der Waals surface area contributed by atoms with Crippen LogP contribution in [0.15, 0.2) is 24.3 Å². The van der Waals surface area contributed by atoms with E-state index in [1.807, 2.05) is 18.2 Å². The van der Waals surface area contributed by atoms with Crippen molar-refractivity contribution in [2.24, 2.45) is 0 Å². The summed E-state index contributed by atoms with van der Waals surface area (Å²) < 4.78 is 0. The van der Waals surface area contributed by atoms with E-state index in [2.05, 4.69) is 25.4 Å². The van der Waals surface area contributed by atoms with E-state index >= 15 is 0 Å². The van der Waals surface area contributed by atoms with Crippen molar-refractivity contribution in [2.75, 3.05) is 0 Å². The molecule has 0 unspecified atom stereocenters. The molecule has 0 fully saturated rings. The van der Waals surface area contributed by atoms with Gasteiger partial charge in [0.15, 0.2) is 5.75 Å². The zero-order valence-corrected chi connectivity index (χ0v) is 19.9. The molecule has 0 atom stereocenters. The predicted octanol–water partition coefficient (Wildman–Crippen LogP) is 8.31. The monoisotopic (exact) mass is 417 g/mol. The number of amides is 1. The summed E-state index contributed by atoms with van der Waals surface area (Å²) in [7, 11) is 0. The minimum absolute atomic E-state index is 0.0367. The standard InChI is InChI=1S/C27H47NO2/c1-3-5-7-8-9-10-11-12-13-14-15-16-18-20-25-21-19-22-26(24-25)30-28-27(29)23-17-6-4-2/h19,21-22,24H,3-18,20,23H2,1-2H3,(H,28,29). The summed E-state index contributed by atoms with van der Waals surface area (Å²) in [5.41, 5.74) is 3.85. The Bertz CT molecular complexity index is 529. The molecule has 1 rings (SSSR count). The number of benzene rings is 1. The van der Waals surface area contributed by atoms with Gasteiger partial charge in [0.05, 0.1) is 0 Å². The third-order valence-corrected chi connectivity index (χ3v) is 5.76. The normalized spacial score (nSPS) is 10.9. The lowest BCUT2D eigenvalue weighted by Crippen LogP contribution is -2.26. The van der Waals surface area contributed by atoms with Gasteiger partial charge in [-0.1, -0.05) is 116 Å². The Morgan fingerprint density at radius 3 is 1.87 bits per heavy atom. The first kappa shape index (κ1) is 26.5. The molecule has 3 nitrogen and oxygen atoms in total. The Morgan fingerprint density at radius 2 is 1.27 bits per heavy atom. The summed E-state index contributed by atoms with van der Waals surface area (Å²) in [4.78, 5) is 17.2. The average molecular weight is 418 g/mol. The molecule has 0 radical (unpaired) electrons. The highest BCUT2D eigenvalue weighted by Gasteiger charge is 2.03. The van der Waals surface area contributed by atoms with Crippen LogP contribution in [-0.4, -0.2) is 5.91 Å². The number of hydrogen-bond donors (Lipinski definition) is 1. The topological polar surface area (TPSA) is 38.3 Å². The number of carbonyl (C=O) groups is 1. The SMILES string of the molecule is CCCCCCCCCCCCCCCc1cccc(ONC(=O)CCCCC)c1. The molecule has 0 aliphatic rings. The quantitative estimate of drug-likeness (QED) is 0.171. The summed E-state index contributed by atoms with van der Waals surface area (Å²) in [6.07, 6.45) is 22.7. The van der Waals surface area contributed by atoms with Gasteiger partial charge in [-0.3, -0.25) is 4.79 Å². The lowest BCUT2D eigenvalue weighted by Gasteiger charge is -2.08. The molecule has 0 saturated heterocycles. The highest BCUT2D eigenvalue weighted by molar-refractivity contribution is 5.74. The first-order valence-electron chi connectivity index (χ1n) is 12.8. The van der Waals surface area contributed by atoms with Gasteiger partial charge in [-0.05, 0) is 37.0 Å². The lowest BCUT2D eigenvalue weighted by atomic mass is 10.0. The van der Waals surface area contributed by atoms with Gasteiger partial charge in [0.25, 0.3) is 5.91 Å². The van der Waals surface area contributed by atoms with Gasteiger partial charge in [0, 0.05) is 6.42 Å². The summed E-state index contributed by atoms with van der Waals surface area (Å²) >= 11 is 0. The Balaban J connectivity index is 2.00. The molecule has 1 N–H and O–H groups in total. The van der Waals surface area contributed by atoms with Crippen molar-refractivity contribution in [1.82, 2.24) is 5.48 Å². The third-order valence-electron chi connectivity index (χ3n) is 5.76. The van der Waals surface area contributed by atoms with E-state index in [1.165, 1.54) is 89.0 Å². The zero-order valence-electron chi connectivity index (χ0n) is 19.9. The van der Waals surface area contributed by atoms with Crippen molar-refractivity contribution in [3.05, 3.63) is 29.8 Å². The largest absolute Gasteiger partial charge is 0.380 e. The second-order valence-corrected chi connectivity index (χ2v) is 8.72. The van der Waals surface area contributed by atoms with Gasteiger partial charge >= 0.3 is 0 Å². The van der Waals surface area contributed by atoms with Crippen molar-refractivity contribution in [3.8, 4) is 5.75 Å². The fraction of sp³-hybridized carbons (Fsp3) is 0.741. The molecule has 0 aliphatic carbocycles. The number of carbonyl (C=O) groups excluding carboxylic acids is 1. The second-order valence-electron chi connectivity index (χ2n) is 8.72. The number of aryl methyl sites for hydroxylation is 1. The first-order chi connectivity index (χ1) is 14.8. The van der Waals surface area contributed by atoms with Gasteiger partial charge in [-0.25, -0.2) is 0 Å². The minimum atomic E-state index is -0.0367. The first-order valence-corrected chi connectivity index (χ1v) is 12.8. The second kappa shape index (κ2) is 19.5. The lowest BCUT2D eigenvalue weighted by molar-refractivity contribution is -0.127. The van der Waals surface area contributed by atoms with Crippen LogP contribution in [0.5, 0.6) is 5.75 Å². The molecule has 0 bridgehead atoms. The molecule has 1 aromatic rings. The van der Waals surface area contributed by atoms with E-state index in [0.717, 1.165) is 31.4 Å². The van der Waals surface area contributed by atoms with Crippen LogP contribution in [0.4, 0.5) is 0 Å². The summed E-state index contributed by atoms with van der Waals surface area (Å²) in [5, 5.41) is 0. The number of unbranched alkanes of at least 4 members (excludes halogenated alkanes) is 14. The molecule has 1 aromatic carbocycles. The van der Waals surface area contributed by atoms with Crippen molar-refractivity contribution in [1.29, 1.82) is 0 Å². The molecule has 0 aliphatic heterocycles. The smallest absolute Gasteiger partial charge is 0.252 e. The van der Waals surface area contributed by atoms with Crippen molar-refractivity contribution in [2.45, 2.75) is 129 Å². The van der Waals surface area contributed by atoms with Gasteiger partial charge in [0.1, 0.15) is 0 Å².